The maximum atomic E-state index is 14.8. The largest absolute Gasteiger partial charge is 0.456 e. The van der Waals surface area contributed by atoms with Gasteiger partial charge < -0.3 is 20.5 Å². The van der Waals surface area contributed by atoms with E-state index in [0.29, 0.717) is 11.3 Å². The number of alkyl halides is 1. The summed E-state index contributed by atoms with van der Waals surface area (Å²) in [6.45, 7) is -0.641. The van der Waals surface area contributed by atoms with Crippen LogP contribution in [0.3, 0.4) is 0 Å². The van der Waals surface area contributed by atoms with Gasteiger partial charge in [0.2, 0.25) is 0 Å². The Morgan fingerprint density at radius 1 is 1.40 bits per heavy atom. The quantitative estimate of drug-likeness (QED) is 0.791. The van der Waals surface area contributed by atoms with Crippen LogP contribution in [0.1, 0.15) is 28.0 Å². The van der Waals surface area contributed by atoms with Gasteiger partial charge in [-0.1, -0.05) is 0 Å². The SMILES string of the molecule is N#Cc1ccc(C(=O)Nc2ccc(F)c([C@]34CCO[C@H]3[C@@H](CF)OC(N)=N4)c2)nc1. The third-order valence-corrected chi connectivity index (χ3v) is 5.14. The number of nitrogens with zero attached hydrogens (tertiary/aromatic N) is 3. The lowest BCUT2D eigenvalue weighted by atomic mass is 9.80. The summed E-state index contributed by atoms with van der Waals surface area (Å²) in [6.07, 6.45) is -0.300. The molecule has 8 nitrogen and oxygen atoms in total. The van der Waals surface area contributed by atoms with Crippen molar-refractivity contribution in [1.29, 1.82) is 5.26 Å². The minimum absolute atomic E-state index is 0.0888. The molecular formula is C20H17F2N5O3. The summed E-state index contributed by atoms with van der Waals surface area (Å²) >= 11 is 0. The summed E-state index contributed by atoms with van der Waals surface area (Å²) in [6, 6.07) is 8.56. The van der Waals surface area contributed by atoms with Gasteiger partial charge in [0.15, 0.2) is 6.10 Å². The van der Waals surface area contributed by atoms with Crippen LogP contribution in [0.5, 0.6) is 0 Å². The van der Waals surface area contributed by atoms with E-state index < -0.39 is 36.1 Å². The zero-order valence-corrected chi connectivity index (χ0v) is 15.6. The molecule has 1 aromatic heterocycles. The molecule has 4 rings (SSSR count). The molecule has 3 heterocycles. The van der Waals surface area contributed by atoms with Crippen molar-refractivity contribution in [2.45, 2.75) is 24.2 Å². The molecule has 30 heavy (non-hydrogen) atoms. The monoisotopic (exact) mass is 413 g/mol. The van der Waals surface area contributed by atoms with Gasteiger partial charge in [0.1, 0.15) is 35.9 Å². The van der Waals surface area contributed by atoms with Crippen LogP contribution >= 0.6 is 0 Å². The van der Waals surface area contributed by atoms with E-state index in [9.17, 15) is 13.6 Å². The summed E-state index contributed by atoms with van der Waals surface area (Å²) in [4.78, 5) is 20.7. The number of nitrogens with two attached hydrogens (primary N) is 1. The van der Waals surface area contributed by atoms with E-state index in [-0.39, 0.29) is 30.3 Å². The van der Waals surface area contributed by atoms with Gasteiger partial charge >= 0.3 is 0 Å². The maximum Gasteiger partial charge on any atom is 0.283 e. The zero-order chi connectivity index (χ0) is 21.3. The number of fused-ring (bicyclic) bond motifs is 1. The van der Waals surface area contributed by atoms with E-state index in [1.54, 1.807) is 0 Å². The number of amidine groups is 1. The third kappa shape index (κ3) is 3.33. The number of halogens is 2. The fourth-order valence-corrected chi connectivity index (χ4v) is 3.78. The van der Waals surface area contributed by atoms with E-state index in [1.807, 2.05) is 6.07 Å². The van der Waals surface area contributed by atoms with Crippen molar-refractivity contribution in [3.8, 4) is 6.07 Å². The van der Waals surface area contributed by atoms with E-state index in [0.717, 1.165) is 0 Å². The molecule has 3 N–H and O–H groups in total. The number of carbonyl (C=O) groups excluding carboxylic acids is 1. The number of hydrogen-bond donors (Lipinski definition) is 2. The summed E-state index contributed by atoms with van der Waals surface area (Å²) in [7, 11) is 0. The number of hydrogen-bond acceptors (Lipinski definition) is 7. The normalized spacial score (nSPS) is 24.9. The number of benzene rings is 1. The van der Waals surface area contributed by atoms with Crippen molar-refractivity contribution in [1.82, 2.24) is 4.98 Å². The van der Waals surface area contributed by atoms with Crippen LogP contribution in [0.4, 0.5) is 14.5 Å². The molecule has 0 bridgehead atoms. The fourth-order valence-electron chi connectivity index (χ4n) is 3.78. The number of ether oxygens (including phenoxy) is 2. The highest BCUT2D eigenvalue weighted by molar-refractivity contribution is 6.02. The molecule has 0 radical (unpaired) electrons. The summed E-state index contributed by atoms with van der Waals surface area (Å²) < 4.78 is 39.1. The number of carbonyl (C=O) groups is 1. The van der Waals surface area contributed by atoms with E-state index in [1.165, 1.54) is 36.5 Å². The Hall–Kier alpha value is -3.58. The van der Waals surface area contributed by atoms with Crippen molar-refractivity contribution in [2.24, 2.45) is 10.7 Å². The molecule has 154 valence electrons. The zero-order valence-electron chi connectivity index (χ0n) is 15.6. The van der Waals surface area contributed by atoms with Gasteiger partial charge in [-0.3, -0.25) is 4.79 Å². The molecular weight excluding hydrogens is 396 g/mol. The van der Waals surface area contributed by atoms with Gasteiger partial charge in [-0.2, -0.15) is 5.26 Å². The second kappa shape index (κ2) is 7.68. The number of amides is 1. The molecule has 0 spiro atoms. The number of pyridine rings is 1. The Balaban J connectivity index is 1.67. The van der Waals surface area contributed by atoms with E-state index in [4.69, 9.17) is 20.5 Å². The van der Waals surface area contributed by atoms with Crippen molar-refractivity contribution in [3.63, 3.8) is 0 Å². The standard InChI is InChI=1S/C20H17F2N5O3/c21-8-16-17-20(5-6-29-17,27-19(24)30-16)13-7-12(2-3-14(13)22)26-18(28)15-4-1-11(9-23)10-25-15/h1-4,7,10,16-17H,5-6,8H2,(H2,24,27)(H,26,28)/t16-,17+,20-/m1/s1. The van der Waals surface area contributed by atoms with Gasteiger partial charge in [0, 0.05) is 23.9 Å². The van der Waals surface area contributed by atoms with Gasteiger partial charge in [0.05, 0.1) is 12.2 Å². The Kier molecular flexibility index (Phi) is 5.05. The topological polar surface area (TPSA) is 123 Å². The summed E-state index contributed by atoms with van der Waals surface area (Å²) in [5.74, 6) is -1.12. The number of anilines is 1. The molecule has 1 amide bonds. The van der Waals surface area contributed by atoms with Crippen LogP contribution in [-0.2, 0) is 15.0 Å². The lowest BCUT2D eigenvalue weighted by molar-refractivity contribution is -0.0442. The van der Waals surface area contributed by atoms with Crippen molar-refractivity contribution < 1.29 is 23.0 Å². The van der Waals surface area contributed by atoms with Crippen LogP contribution < -0.4 is 11.1 Å². The molecule has 0 aliphatic carbocycles. The molecule has 1 aromatic carbocycles. The number of nitriles is 1. The van der Waals surface area contributed by atoms with Gasteiger partial charge in [-0.15, -0.1) is 0 Å². The molecule has 1 saturated heterocycles. The van der Waals surface area contributed by atoms with E-state index >= 15 is 0 Å². The van der Waals surface area contributed by atoms with Gasteiger partial charge in [-0.05, 0) is 30.3 Å². The van der Waals surface area contributed by atoms with Gasteiger partial charge in [-0.25, -0.2) is 18.8 Å². The van der Waals surface area contributed by atoms with Crippen LogP contribution in [0.2, 0.25) is 0 Å². The minimum atomic E-state index is -1.25. The lowest BCUT2D eigenvalue weighted by Crippen LogP contribution is -2.51. The smallest absolute Gasteiger partial charge is 0.283 e. The average molecular weight is 413 g/mol. The second-order valence-corrected chi connectivity index (χ2v) is 6.92. The Morgan fingerprint density at radius 2 is 2.23 bits per heavy atom. The first-order chi connectivity index (χ1) is 14.5. The molecule has 2 aliphatic heterocycles. The summed E-state index contributed by atoms with van der Waals surface area (Å²) in [5, 5.41) is 11.5. The van der Waals surface area contributed by atoms with Crippen molar-refractivity contribution in [2.75, 3.05) is 18.6 Å². The highest BCUT2D eigenvalue weighted by Crippen LogP contribution is 2.45. The number of aliphatic imine (C=N–C) groups is 1. The number of aromatic nitrogens is 1. The molecule has 3 atom stereocenters. The Labute approximate surface area is 170 Å². The fraction of sp³-hybridized carbons (Fsp3) is 0.300. The van der Waals surface area contributed by atoms with Crippen LogP contribution in [0.15, 0.2) is 41.5 Å². The minimum Gasteiger partial charge on any atom is -0.456 e. The lowest BCUT2D eigenvalue weighted by Gasteiger charge is -2.38. The van der Waals surface area contributed by atoms with Crippen molar-refractivity contribution >= 4 is 17.6 Å². The second-order valence-electron chi connectivity index (χ2n) is 6.92. The number of nitrogens with one attached hydrogen (secondary N) is 1. The first kappa shape index (κ1) is 19.7. The molecule has 2 aliphatic rings. The Morgan fingerprint density at radius 3 is 2.93 bits per heavy atom. The van der Waals surface area contributed by atoms with Gasteiger partial charge in [0.25, 0.3) is 11.9 Å². The summed E-state index contributed by atoms with van der Waals surface area (Å²) in [5.41, 5.74) is 5.30. The predicted octanol–water partition coefficient (Wildman–Crippen LogP) is 2.01. The molecule has 10 heteroatoms. The van der Waals surface area contributed by atoms with E-state index in [2.05, 4.69) is 15.3 Å². The Bertz CT molecular complexity index is 1050. The molecule has 0 unspecified atom stereocenters. The highest BCUT2D eigenvalue weighted by atomic mass is 19.1. The first-order valence-electron chi connectivity index (χ1n) is 9.14. The molecule has 1 fully saturated rings. The predicted molar refractivity (Wildman–Crippen MR) is 102 cm³/mol. The average Bonchev–Trinajstić information content (AvgIpc) is 3.19. The number of rotatable bonds is 4. The van der Waals surface area contributed by atoms with Crippen LogP contribution in [0.25, 0.3) is 0 Å². The highest BCUT2D eigenvalue weighted by Gasteiger charge is 2.54. The third-order valence-electron chi connectivity index (χ3n) is 5.14. The first-order valence-corrected chi connectivity index (χ1v) is 9.14. The molecule has 2 aromatic rings. The maximum absolute atomic E-state index is 14.8. The van der Waals surface area contributed by atoms with Crippen molar-refractivity contribution in [3.05, 3.63) is 59.2 Å². The van der Waals surface area contributed by atoms with Crippen LogP contribution in [-0.4, -0.2) is 42.4 Å². The molecule has 0 saturated carbocycles. The van der Waals surface area contributed by atoms with Crippen LogP contribution in [0, 0.1) is 17.1 Å².